The number of ether oxygens (including phenoxy) is 2. The van der Waals surface area contributed by atoms with E-state index >= 15 is 0 Å². The number of methoxy groups -OCH3 is 2. The molecule has 1 aromatic carbocycles. The number of rotatable bonds is 4. The zero-order valence-electron chi connectivity index (χ0n) is 17.9. The van der Waals surface area contributed by atoms with Gasteiger partial charge in [-0.3, -0.25) is 4.79 Å². The third-order valence-corrected chi connectivity index (χ3v) is 6.26. The number of hydrogen-bond donors (Lipinski definition) is 1. The molecule has 4 rings (SSSR count). The monoisotopic (exact) mass is 413 g/mol. The number of amides is 1. The Kier molecular flexibility index (Phi) is 6.11. The second kappa shape index (κ2) is 8.93. The van der Waals surface area contributed by atoms with Gasteiger partial charge >= 0.3 is 0 Å². The Hall–Kier alpha value is -2.77. The van der Waals surface area contributed by atoms with E-state index in [0.717, 1.165) is 62.8 Å². The zero-order valence-corrected chi connectivity index (χ0v) is 17.9. The summed E-state index contributed by atoms with van der Waals surface area (Å²) in [7, 11) is 3.19. The van der Waals surface area contributed by atoms with Crippen molar-refractivity contribution in [1.29, 1.82) is 0 Å². The van der Waals surface area contributed by atoms with Gasteiger partial charge in [-0.15, -0.1) is 0 Å². The second-order valence-electron chi connectivity index (χ2n) is 8.13. The number of aromatic nitrogens is 2. The van der Waals surface area contributed by atoms with Crippen molar-refractivity contribution in [3.05, 3.63) is 12.1 Å². The van der Waals surface area contributed by atoms with Crippen LogP contribution in [0.1, 0.15) is 38.5 Å². The van der Waals surface area contributed by atoms with Gasteiger partial charge in [-0.05, 0) is 31.7 Å². The highest BCUT2D eigenvalue weighted by molar-refractivity contribution is 5.91. The predicted octanol–water partition coefficient (Wildman–Crippen LogP) is 2.85. The van der Waals surface area contributed by atoms with Gasteiger partial charge in [0.25, 0.3) is 0 Å². The van der Waals surface area contributed by atoms with E-state index in [1.807, 2.05) is 6.07 Å². The van der Waals surface area contributed by atoms with E-state index in [2.05, 4.69) is 14.8 Å². The van der Waals surface area contributed by atoms with E-state index in [9.17, 15) is 4.79 Å². The minimum atomic E-state index is 0.0986. The van der Waals surface area contributed by atoms with Crippen LogP contribution in [0.2, 0.25) is 0 Å². The van der Waals surface area contributed by atoms with Crippen LogP contribution in [0, 0.1) is 5.92 Å². The normalized spacial score (nSPS) is 18.3. The fraction of sp³-hybridized carbons (Fsp3) is 0.591. The number of likely N-dealkylation sites (tertiary alicyclic amines) is 1. The molecule has 0 saturated carbocycles. The van der Waals surface area contributed by atoms with Crippen LogP contribution in [0.4, 0.5) is 11.8 Å². The molecule has 2 fully saturated rings. The van der Waals surface area contributed by atoms with Crippen LogP contribution in [-0.2, 0) is 4.79 Å². The number of nitrogens with zero attached hydrogens (tertiary/aromatic N) is 4. The predicted molar refractivity (Wildman–Crippen MR) is 117 cm³/mol. The lowest BCUT2D eigenvalue weighted by Gasteiger charge is -2.34. The molecule has 0 bridgehead atoms. The highest BCUT2D eigenvalue weighted by Crippen LogP contribution is 2.34. The third-order valence-electron chi connectivity index (χ3n) is 6.26. The number of nitrogens with two attached hydrogens (primary N) is 1. The molecule has 0 atom stereocenters. The van der Waals surface area contributed by atoms with Crippen LogP contribution < -0.4 is 20.1 Å². The highest BCUT2D eigenvalue weighted by atomic mass is 16.5. The average molecular weight is 414 g/mol. The lowest BCUT2D eigenvalue weighted by molar-refractivity contribution is -0.136. The largest absolute Gasteiger partial charge is 0.493 e. The Bertz CT molecular complexity index is 903. The molecule has 1 amide bonds. The SMILES string of the molecule is COc1cc2nc(N3CCC(C(=O)N4CCCCCC4)CC3)nc(N)c2cc1OC. The molecular weight excluding hydrogens is 382 g/mol. The number of nitrogen functional groups attached to an aromatic ring is 1. The van der Waals surface area contributed by atoms with Crippen LogP contribution in [0.25, 0.3) is 10.9 Å². The van der Waals surface area contributed by atoms with Gasteiger partial charge in [-0.25, -0.2) is 4.98 Å². The minimum Gasteiger partial charge on any atom is -0.493 e. The smallest absolute Gasteiger partial charge is 0.227 e. The Morgan fingerprint density at radius 3 is 2.23 bits per heavy atom. The maximum absolute atomic E-state index is 12.9. The van der Waals surface area contributed by atoms with E-state index in [0.29, 0.717) is 29.2 Å². The minimum absolute atomic E-state index is 0.0986. The van der Waals surface area contributed by atoms with Crippen molar-refractivity contribution in [3.63, 3.8) is 0 Å². The van der Waals surface area contributed by atoms with E-state index in [1.165, 1.54) is 12.8 Å². The number of hydrogen-bond acceptors (Lipinski definition) is 7. The second-order valence-corrected chi connectivity index (χ2v) is 8.13. The molecule has 8 heteroatoms. The summed E-state index contributed by atoms with van der Waals surface area (Å²) in [6.45, 7) is 3.33. The van der Waals surface area contributed by atoms with E-state index in [-0.39, 0.29) is 5.92 Å². The quantitative estimate of drug-likeness (QED) is 0.824. The number of carbonyl (C=O) groups is 1. The number of fused-ring (bicyclic) bond motifs is 1. The van der Waals surface area contributed by atoms with E-state index in [1.54, 1.807) is 20.3 Å². The molecule has 0 aliphatic carbocycles. The number of benzene rings is 1. The third kappa shape index (κ3) is 4.08. The zero-order chi connectivity index (χ0) is 21.1. The Morgan fingerprint density at radius 1 is 0.967 bits per heavy atom. The van der Waals surface area contributed by atoms with Crippen LogP contribution in [-0.4, -0.2) is 61.2 Å². The van der Waals surface area contributed by atoms with E-state index < -0.39 is 0 Å². The highest BCUT2D eigenvalue weighted by Gasteiger charge is 2.30. The average Bonchev–Trinajstić information content (AvgIpc) is 3.07. The molecule has 2 aliphatic heterocycles. The number of anilines is 2. The summed E-state index contributed by atoms with van der Waals surface area (Å²) in [5.74, 6) is 2.65. The molecule has 0 spiro atoms. The molecule has 0 radical (unpaired) electrons. The van der Waals surface area contributed by atoms with Gasteiger partial charge in [0.15, 0.2) is 11.5 Å². The molecule has 162 valence electrons. The van der Waals surface area contributed by atoms with Crippen LogP contribution >= 0.6 is 0 Å². The first-order valence-electron chi connectivity index (χ1n) is 10.8. The van der Waals surface area contributed by atoms with Gasteiger partial charge in [-0.2, -0.15) is 4.98 Å². The summed E-state index contributed by atoms with van der Waals surface area (Å²) >= 11 is 0. The first-order valence-corrected chi connectivity index (χ1v) is 10.8. The first-order chi connectivity index (χ1) is 14.6. The molecular formula is C22H31N5O3. The van der Waals surface area contributed by atoms with Gasteiger partial charge in [0.05, 0.1) is 19.7 Å². The van der Waals surface area contributed by atoms with Crippen molar-refractivity contribution >= 4 is 28.6 Å². The molecule has 8 nitrogen and oxygen atoms in total. The standard InChI is InChI=1S/C22H31N5O3/c1-29-18-13-16-17(14-19(18)30-2)24-22(25-20(16)23)27-11-7-15(8-12-27)21(28)26-9-5-3-4-6-10-26/h13-15H,3-12H2,1-2H3,(H2,23,24,25). The van der Waals surface area contributed by atoms with Crippen molar-refractivity contribution in [2.75, 3.05) is 51.0 Å². The van der Waals surface area contributed by atoms with Gasteiger partial charge in [0.2, 0.25) is 11.9 Å². The molecule has 2 aromatic rings. The summed E-state index contributed by atoms with van der Waals surface area (Å²) in [4.78, 5) is 26.4. The summed E-state index contributed by atoms with van der Waals surface area (Å²) in [6, 6.07) is 3.63. The molecule has 2 saturated heterocycles. The van der Waals surface area contributed by atoms with Gasteiger partial charge in [-0.1, -0.05) is 12.8 Å². The van der Waals surface area contributed by atoms with E-state index in [4.69, 9.17) is 20.2 Å². The Labute approximate surface area is 177 Å². The number of carbonyl (C=O) groups excluding carboxylic acids is 1. The van der Waals surface area contributed by atoms with Crippen molar-refractivity contribution in [3.8, 4) is 11.5 Å². The van der Waals surface area contributed by atoms with Gasteiger partial charge < -0.3 is 25.0 Å². The lowest BCUT2D eigenvalue weighted by atomic mass is 9.95. The lowest BCUT2D eigenvalue weighted by Crippen LogP contribution is -2.43. The van der Waals surface area contributed by atoms with Crippen LogP contribution in [0.3, 0.4) is 0 Å². The van der Waals surface area contributed by atoms with Crippen molar-refractivity contribution in [2.45, 2.75) is 38.5 Å². The molecule has 2 N–H and O–H groups in total. The van der Waals surface area contributed by atoms with Crippen LogP contribution in [0.15, 0.2) is 12.1 Å². The molecule has 0 unspecified atom stereocenters. The molecule has 3 heterocycles. The molecule has 1 aromatic heterocycles. The number of piperidine rings is 1. The Morgan fingerprint density at radius 2 is 1.60 bits per heavy atom. The summed E-state index contributed by atoms with van der Waals surface area (Å²) in [5.41, 5.74) is 6.95. The summed E-state index contributed by atoms with van der Waals surface area (Å²) < 4.78 is 10.7. The summed E-state index contributed by atoms with van der Waals surface area (Å²) in [5, 5.41) is 0.739. The van der Waals surface area contributed by atoms with Crippen molar-refractivity contribution < 1.29 is 14.3 Å². The molecule has 30 heavy (non-hydrogen) atoms. The fourth-order valence-electron chi connectivity index (χ4n) is 4.48. The van der Waals surface area contributed by atoms with Crippen molar-refractivity contribution in [2.24, 2.45) is 5.92 Å². The summed E-state index contributed by atoms with van der Waals surface area (Å²) in [6.07, 6.45) is 6.37. The van der Waals surface area contributed by atoms with Gasteiger partial charge in [0, 0.05) is 43.5 Å². The maximum atomic E-state index is 12.9. The maximum Gasteiger partial charge on any atom is 0.227 e. The van der Waals surface area contributed by atoms with Crippen molar-refractivity contribution in [1.82, 2.24) is 14.9 Å². The topological polar surface area (TPSA) is 93.8 Å². The fourth-order valence-corrected chi connectivity index (χ4v) is 4.48. The van der Waals surface area contributed by atoms with Crippen LogP contribution in [0.5, 0.6) is 11.5 Å². The molecule has 2 aliphatic rings. The first kappa shape index (κ1) is 20.5. The van der Waals surface area contributed by atoms with Gasteiger partial charge in [0.1, 0.15) is 5.82 Å². The Balaban J connectivity index is 1.48.